The Balaban J connectivity index is 1.77. The molecule has 2 unspecified atom stereocenters. The first-order valence-electron chi connectivity index (χ1n) is 13.0. The lowest BCUT2D eigenvalue weighted by atomic mass is 9.80. The minimum Gasteiger partial charge on any atom is -0.466 e. The molecule has 0 amide bonds. The van der Waals surface area contributed by atoms with Crippen molar-refractivity contribution in [2.75, 3.05) is 14.2 Å². The zero-order valence-electron chi connectivity index (χ0n) is 23.8. The summed E-state index contributed by atoms with van der Waals surface area (Å²) >= 11 is 0. The summed E-state index contributed by atoms with van der Waals surface area (Å²) in [5.41, 5.74) is 3.84. The van der Waals surface area contributed by atoms with Crippen molar-refractivity contribution in [2.24, 2.45) is 0 Å². The minimum absolute atomic E-state index is 0.0914. The largest absolute Gasteiger partial charge is 0.466 e. The third-order valence-electron chi connectivity index (χ3n) is 7.22. The van der Waals surface area contributed by atoms with E-state index in [4.69, 9.17) is 14.2 Å². The number of carbonyl (C=O) groups is 4. The highest BCUT2D eigenvalue weighted by Crippen LogP contribution is 2.41. The summed E-state index contributed by atoms with van der Waals surface area (Å²) in [6.45, 7) is 6.79. The molecule has 2 N–H and O–H groups in total. The van der Waals surface area contributed by atoms with Crippen molar-refractivity contribution in [3.8, 4) is 0 Å². The van der Waals surface area contributed by atoms with Gasteiger partial charge in [0.2, 0.25) is 0 Å². The van der Waals surface area contributed by atoms with Gasteiger partial charge in [0.25, 0.3) is 0 Å². The fourth-order valence-electron chi connectivity index (χ4n) is 5.44. The van der Waals surface area contributed by atoms with Gasteiger partial charge in [0.15, 0.2) is 0 Å². The molecule has 0 aliphatic carbocycles. The molecule has 0 bridgehead atoms. The zero-order valence-corrected chi connectivity index (χ0v) is 23.8. The van der Waals surface area contributed by atoms with Crippen LogP contribution in [0.3, 0.4) is 0 Å². The van der Waals surface area contributed by atoms with Gasteiger partial charge in [0.1, 0.15) is 0 Å². The molecule has 2 aromatic rings. The Morgan fingerprint density at radius 1 is 0.512 bits per heavy atom. The Hall–Kier alpha value is -4.92. The maximum absolute atomic E-state index is 13.8. The van der Waals surface area contributed by atoms with Gasteiger partial charge in [0.05, 0.1) is 48.3 Å². The Bertz CT molecular complexity index is 1420. The maximum atomic E-state index is 13.8. The van der Waals surface area contributed by atoms with E-state index in [0.29, 0.717) is 33.9 Å². The highest BCUT2D eigenvalue weighted by atomic mass is 16.6. The summed E-state index contributed by atoms with van der Waals surface area (Å²) in [5.74, 6) is -4.78. The Morgan fingerprint density at radius 3 is 1.10 bits per heavy atom. The standard InChI is InChI=1S/C32H32N2O7/c1-17-23(29(35)39-5)27(21-13-9-7-10-14-21)25(19(3)33-17)31(37)41-32(38)26-20(4)34-18(2)24(30(36)40-6)28(26)22-15-11-8-12-16-22/h7-16,27-28,33-34H,1-6H3. The van der Waals surface area contributed by atoms with Crippen LogP contribution in [0.1, 0.15) is 50.7 Å². The lowest BCUT2D eigenvalue weighted by Gasteiger charge is -2.31. The second-order valence-corrected chi connectivity index (χ2v) is 9.75. The number of rotatable bonds is 6. The molecule has 2 heterocycles. The highest BCUT2D eigenvalue weighted by Gasteiger charge is 2.41. The summed E-state index contributed by atoms with van der Waals surface area (Å²) in [6.07, 6.45) is 0. The van der Waals surface area contributed by atoms with Gasteiger partial charge in [0, 0.05) is 22.8 Å². The molecule has 0 aromatic heterocycles. The molecule has 0 fully saturated rings. The molecule has 212 valence electrons. The van der Waals surface area contributed by atoms with Gasteiger partial charge >= 0.3 is 23.9 Å². The van der Waals surface area contributed by atoms with Crippen molar-refractivity contribution >= 4 is 23.9 Å². The average molecular weight is 557 g/mol. The minimum atomic E-state index is -0.930. The summed E-state index contributed by atoms with van der Waals surface area (Å²) in [5, 5.41) is 6.12. The highest BCUT2D eigenvalue weighted by molar-refractivity contribution is 6.08. The van der Waals surface area contributed by atoms with Crippen molar-refractivity contribution in [1.29, 1.82) is 0 Å². The lowest BCUT2D eigenvalue weighted by Crippen LogP contribution is -2.35. The number of benzene rings is 2. The molecule has 2 aliphatic heterocycles. The molecule has 2 aliphatic rings. The van der Waals surface area contributed by atoms with Crippen LogP contribution < -0.4 is 10.6 Å². The first-order chi connectivity index (χ1) is 19.6. The molecule has 41 heavy (non-hydrogen) atoms. The molecule has 2 atom stereocenters. The van der Waals surface area contributed by atoms with Gasteiger partial charge in [-0.2, -0.15) is 0 Å². The molecular weight excluding hydrogens is 524 g/mol. The van der Waals surface area contributed by atoms with Crippen LogP contribution in [-0.2, 0) is 33.4 Å². The number of esters is 4. The predicted octanol–water partition coefficient (Wildman–Crippen LogP) is 4.27. The third-order valence-corrected chi connectivity index (χ3v) is 7.22. The van der Waals surface area contributed by atoms with Gasteiger partial charge < -0.3 is 24.8 Å². The van der Waals surface area contributed by atoms with Gasteiger partial charge in [-0.1, -0.05) is 60.7 Å². The zero-order chi connectivity index (χ0) is 29.8. The van der Waals surface area contributed by atoms with Crippen molar-refractivity contribution in [2.45, 2.75) is 39.5 Å². The molecule has 4 rings (SSSR count). The monoisotopic (exact) mass is 556 g/mol. The van der Waals surface area contributed by atoms with Crippen LogP contribution in [-0.4, -0.2) is 38.1 Å². The van der Waals surface area contributed by atoms with Crippen LogP contribution >= 0.6 is 0 Å². The van der Waals surface area contributed by atoms with E-state index in [-0.39, 0.29) is 22.3 Å². The number of allylic oxidation sites excluding steroid dienone is 4. The van der Waals surface area contributed by atoms with E-state index in [0.717, 1.165) is 0 Å². The second kappa shape index (κ2) is 12.1. The number of dihydropyridines is 2. The van der Waals surface area contributed by atoms with Crippen LogP contribution in [0.15, 0.2) is 106 Å². The van der Waals surface area contributed by atoms with Gasteiger partial charge in [-0.05, 0) is 38.8 Å². The summed E-state index contributed by atoms with van der Waals surface area (Å²) in [4.78, 5) is 53.4. The first kappa shape index (κ1) is 29.1. The van der Waals surface area contributed by atoms with E-state index in [1.807, 2.05) is 12.1 Å². The Morgan fingerprint density at radius 2 is 0.805 bits per heavy atom. The summed E-state index contributed by atoms with van der Waals surface area (Å²) in [6, 6.07) is 18.0. The lowest BCUT2D eigenvalue weighted by molar-refractivity contribution is -0.154. The number of hydrogen-bond donors (Lipinski definition) is 2. The van der Waals surface area contributed by atoms with E-state index in [2.05, 4.69) is 10.6 Å². The van der Waals surface area contributed by atoms with Crippen molar-refractivity contribution < 1.29 is 33.4 Å². The van der Waals surface area contributed by atoms with E-state index < -0.39 is 35.7 Å². The Labute approximate surface area is 238 Å². The maximum Gasteiger partial charge on any atom is 0.344 e. The molecule has 9 heteroatoms. The number of hydrogen-bond acceptors (Lipinski definition) is 9. The summed E-state index contributed by atoms with van der Waals surface area (Å²) < 4.78 is 15.6. The summed E-state index contributed by atoms with van der Waals surface area (Å²) in [7, 11) is 2.53. The fourth-order valence-corrected chi connectivity index (χ4v) is 5.44. The van der Waals surface area contributed by atoms with Crippen LogP contribution in [0, 0.1) is 0 Å². The fraction of sp³-hybridized carbons (Fsp3) is 0.250. The number of carbonyl (C=O) groups excluding carboxylic acids is 4. The molecule has 0 saturated heterocycles. The van der Waals surface area contributed by atoms with Crippen molar-refractivity contribution in [3.05, 3.63) is 117 Å². The van der Waals surface area contributed by atoms with Crippen molar-refractivity contribution in [1.82, 2.24) is 10.6 Å². The van der Waals surface area contributed by atoms with Gasteiger partial charge in [-0.25, -0.2) is 19.2 Å². The predicted molar refractivity (Wildman–Crippen MR) is 151 cm³/mol. The topological polar surface area (TPSA) is 120 Å². The van der Waals surface area contributed by atoms with Crippen molar-refractivity contribution in [3.63, 3.8) is 0 Å². The molecule has 0 radical (unpaired) electrons. The number of nitrogens with one attached hydrogen (secondary N) is 2. The van der Waals surface area contributed by atoms with Crippen LogP contribution in [0.4, 0.5) is 0 Å². The molecule has 0 spiro atoms. The normalized spacial score (nSPS) is 18.9. The average Bonchev–Trinajstić information content (AvgIpc) is 2.96. The van der Waals surface area contributed by atoms with E-state index in [1.165, 1.54) is 14.2 Å². The molecule has 0 saturated carbocycles. The van der Waals surface area contributed by atoms with E-state index >= 15 is 0 Å². The smallest absolute Gasteiger partial charge is 0.344 e. The quantitative estimate of drug-likeness (QED) is 0.305. The Kier molecular flexibility index (Phi) is 8.56. The molecule has 2 aromatic carbocycles. The molecular formula is C32H32N2O7. The van der Waals surface area contributed by atoms with Crippen LogP contribution in [0.2, 0.25) is 0 Å². The first-order valence-corrected chi connectivity index (χ1v) is 13.0. The number of ether oxygens (including phenoxy) is 3. The number of methoxy groups -OCH3 is 2. The third kappa shape index (κ3) is 5.56. The van der Waals surface area contributed by atoms with Crippen LogP contribution in [0.25, 0.3) is 0 Å². The second-order valence-electron chi connectivity index (χ2n) is 9.75. The van der Waals surface area contributed by atoms with E-state index in [1.54, 1.807) is 76.2 Å². The SMILES string of the molecule is COC(=O)C1=C(C)NC(C)=C(C(=O)OC(=O)C2=C(C)NC(C)=C(C(=O)OC)C2c2ccccc2)C1c1ccccc1. The van der Waals surface area contributed by atoms with Crippen LogP contribution in [0.5, 0.6) is 0 Å². The molecule has 9 nitrogen and oxygen atoms in total. The van der Waals surface area contributed by atoms with Gasteiger partial charge in [-0.3, -0.25) is 0 Å². The van der Waals surface area contributed by atoms with Gasteiger partial charge in [-0.15, -0.1) is 0 Å². The van der Waals surface area contributed by atoms with E-state index in [9.17, 15) is 19.2 Å².